The summed E-state index contributed by atoms with van der Waals surface area (Å²) >= 11 is 0. The van der Waals surface area contributed by atoms with Crippen molar-refractivity contribution < 1.29 is 13.9 Å². The molecule has 1 amide bonds. The minimum absolute atomic E-state index is 0.277. The number of aryl methyl sites for hydroxylation is 1. The van der Waals surface area contributed by atoms with Gasteiger partial charge in [-0.15, -0.1) is 0 Å². The zero-order chi connectivity index (χ0) is 23.9. The molecule has 0 spiro atoms. The van der Waals surface area contributed by atoms with Crippen LogP contribution in [-0.4, -0.2) is 40.5 Å². The van der Waals surface area contributed by atoms with Crippen molar-refractivity contribution in [3.8, 4) is 0 Å². The highest BCUT2D eigenvalue weighted by Crippen LogP contribution is 2.44. The third-order valence-electron chi connectivity index (χ3n) is 7.22. The minimum atomic E-state index is -0.612. The quantitative estimate of drug-likeness (QED) is 0.591. The number of rotatable bonds is 5. The van der Waals surface area contributed by atoms with Crippen molar-refractivity contribution in [2.45, 2.75) is 64.5 Å². The van der Waals surface area contributed by atoms with Gasteiger partial charge in [-0.1, -0.05) is 12.5 Å². The van der Waals surface area contributed by atoms with E-state index < -0.39 is 5.60 Å². The van der Waals surface area contributed by atoms with Crippen LogP contribution in [0.15, 0.2) is 48.4 Å². The third-order valence-corrected chi connectivity index (χ3v) is 7.22. The minimum Gasteiger partial charge on any atom is -0.482 e. The van der Waals surface area contributed by atoms with Crippen molar-refractivity contribution in [2.24, 2.45) is 0 Å². The lowest BCUT2D eigenvalue weighted by Gasteiger charge is -2.33. The summed E-state index contributed by atoms with van der Waals surface area (Å²) in [4.78, 5) is 20.0. The largest absolute Gasteiger partial charge is 0.482 e. The SMILES string of the molecule is CC1CCCCN1CCCc1ccc(C2=C/C(=C3\C(=O)Nc4cc(F)ccc43)OC2(C)C)cn1. The van der Waals surface area contributed by atoms with Gasteiger partial charge < -0.3 is 15.0 Å². The van der Waals surface area contributed by atoms with Gasteiger partial charge in [0, 0.05) is 34.6 Å². The number of aromatic nitrogens is 1. The molecule has 1 fully saturated rings. The maximum Gasteiger partial charge on any atom is 0.260 e. The molecule has 34 heavy (non-hydrogen) atoms. The van der Waals surface area contributed by atoms with Crippen LogP contribution in [0.5, 0.6) is 0 Å². The number of carbonyl (C=O) groups excluding carboxylic acids is 1. The van der Waals surface area contributed by atoms with Gasteiger partial charge in [0.25, 0.3) is 5.91 Å². The number of carbonyl (C=O) groups is 1. The molecule has 1 unspecified atom stereocenters. The molecule has 2 aromatic rings. The Morgan fingerprint density at radius 1 is 1.24 bits per heavy atom. The number of anilines is 1. The van der Waals surface area contributed by atoms with Crippen molar-refractivity contribution in [1.82, 2.24) is 9.88 Å². The van der Waals surface area contributed by atoms with E-state index in [0.29, 0.717) is 28.6 Å². The van der Waals surface area contributed by atoms with E-state index in [4.69, 9.17) is 9.72 Å². The van der Waals surface area contributed by atoms with Gasteiger partial charge in [0.2, 0.25) is 0 Å². The van der Waals surface area contributed by atoms with E-state index in [2.05, 4.69) is 29.3 Å². The van der Waals surface area contributed by atoms with Crippen molar-refractivity contribution in [3.05, 3.63) is 71.0 Å². The van der Waals surface area contributed by atoms with Gasteiger partial charge in [-0.3, -0.25) is 9.78 Å². The molecule has 178 valence electrons. The standard InChI is InChI=1S/C28H32FN3O2/c1-18-7-4-5-13-32(18)14-6-8-21-11-9-19(17-30-21)23-16-25(34-28(23,2)3)26-22-12-10-20(29)15-24(22)31-27(26)33/h9-12,15-18H,4-8,13-14H2,1-3H3,(H,31,33)/b26-25+. The number of benzene rings is 1. The van der Waals surface area contributed by atoms with E-state index in [9.17, 15) is 9.18 Å². The molecule has 1 N–H and O–H groups in total. The maximum absolute atomic E-state index is 13.6. The smallest absolute Gasteiger partial charge is 0.260 e. The molecular formula is C28H32FN3O2. The second-order valence-electron chi connectivity index (χ2n) is 10.1. The third kappa shape index (κ3) is 4.39. The Hall–Kier alpha value is -2.99. The Morgan fingerprint density at radius 2 is 2.09 bits per heavy atom. The lowest BCUT2D eigenvalue weighted by molar-refractivity contribution is -0.111. The van der Waals surface area contributed by atoms with Gasteiger partial charge in [-0.25, -0.2) is 4.39 Å². The van der Waals surface area contributed by atoms with Gasteiger partial charge in [0.1, 0.15) is 17.2 Å². The second kappa shape index (κ2) is 8.99. The molecule has 1 atom stereocenters. The fraction of sp³-hybridized carbons (Fsp3) is 0.429. The summed E-state index contributed by atoms with van der Waals surface area (Å²) in [7, 11) is 0. The van der Waals surface area contributed by atoms with Crippen LogP contribution in [0.25, 0.3) is 11.1 Å². The first-order valence-corrected chi connectivity index (χ1v) is 12.3. The summed E-state index contributed by atoms with van der Waals surface area (Å²) in [6, 6.07) is 9.19. The number of likely N-dealkylation sites (tertiary alicyclic amines) is 1. The molecule has 6 heteroatoms. The van der Waals surface area contributed by atoms with Gasteiger partial charge in [-0.05, 0) is 89.9 Å². The number of ether oxygens (including phenoxy) is 1. The lowest BCUT2D eigenvalue weighted by atomic mass is 9.93. The average molecular weight is 462 g/mol. The van der Waals surface area contributed by atoms with Gasteiger partial charge >= 0.3 is 0 Å². The summed E-state index contributed by atoms with van der Waals surface area (Å²) in [6.45, 7) is 8.64. The monoisotopic (exact) mass is 461 g/mol. The Balaban J connectivity index is 1.33. The van der Waals surface area contributed by atoms with Gasteiger partial charge in [0.05, 0.1) is 11.3 Å². The molecule has 0 radical (unpaired) electrons. The summed E-state index contributed by atoms with van der Waals surface area (Å²) in [5.74, 6) is -0.159. The van der Waals surface area contributed by atoms with Crippen molar-refractivity contribution >= 4 is 22.7 Å². The van der Waals surface area contributed by atoms with E-state index in [1.807, 2.05) is 26.1 Å². The highest BCUT2D eigenvalue weighted by Gasteiger charge is 2.38. The number of nitrogens with zero attached hydrogens (tertiary/aromatic N) is 2. The normalized spacial score (nSPS) is 23.9. The van der Waals surface area contributed by atoms with Gasteiger partial charge in [-0.2, -0.15) is 0 Å². The van der Waals surface area contributed by atoms with Crippen LogP contribution in [0.1, 0.15) is 63.3 Å². The molecule has 1 aromatic heterocycles. The Kier molecular flexibility index (Phi) is 6.02. The number of hydrogen-bond acceptors (Lipinski definition) is 4. The number of pyridine rings is 1. The Bertz CT molecular complexity index is 1170. The fourth-order valence-corrected chi connectivity index (χ4v) is 5.29. The number of hydrogen-bond donors (Lipinski definition) is 1. The maximum atomic E-state index is 13.6. The van der Waals surface area contributed by atoms with E-state index in [1.54, 1.807) is 6.07 Å². The number of allylic oxidation sites excluding steroid dienone is 1. The first-order valence-electron chi connectivity index (χ1n) is 12.3. The average Bonchev–Trinajstić information content (AvgIpc) is 3.29. The molecule has 4 heterocycles. The molecule has 3 aliphatic heterocycles. The first-order chi connectivity index (χ1) is 16.3. The topological polar surface area (TPSA) is 54.5 Å². The molecule has 0 saturated carbocycles. The number of amides is 1. The molecule has 5 nitrogen and oxygen atoms in total. The van der Waals surface area contributed by atoms with Crippen molar-refractivity contribution in [2.75, 3.05) is 18.4 Å². The predicted octanol–water partition coefficient (Wildman–Crippen LogP) is 5.58. The Labute approximate surface area is 200 Å². The van der Waals surface area contributed by atoms with E-state index in [-0.39, 0.29) is 11.7 Å². The Morgan fingerprint density at radius 3 is 2.85 bits per heavy atom. The van der Waals surface area contributed by atoms with Crippen LogP contribution in [-0.2, 0) is 16.0 Å². The first kappa shape index (κ1) is 22.8. The molecule has 0 bridgehead atoms. The van der Waals surface area contributed by atoms with E-state index in [0.717, 1.165) is 36.2 Å². The summed E-state index contributed by atoms with van der Waals surface area (Å²) in [5, 5.41) is 2.74. The van der Waals surface area contributed by atoms with Crippen molar-refractivity contribution in [1.29, 1.82) is 0 Å². The summed E-state index contributed by atoms with van der Waals surface area (Å²) in [6.07, 6.45) is 9.87. The van der Waals surface area contributed by atoms with Crippen LogP contribution in [0, 0.1) is 5.82 Å². The van der Waals surface area contributed by atoms with Crippen LogP contribution in [0.3, 0.4) is 0 Å². The molecule has 3 aliphatic rings. The lowest BCUT2D eigenvalue weighted by Crippen LogP contribution is -2.38. The molecule has 0 aliphatic carbocycles. The second-order valence-corrected chi connectivity index (χ2v) is 10.1. The van der Waals surface area contributed by atoms with Crippen molar-refractivity contribution in [3.63, 3.8) is 0 Å². The zero-order valence-electron chi connectivity index (χ0n) is 20.2. The number of halogens is 1. The van der Waals surface area contributed by atoms with Crippen LogP contribution >= 0.6 is 0 Å². The number of fused-ring (bicyclic) bond motifs is 1. The summed E-state index contributed by atoms with van der Waals surface area (Å²) < 4.78 is 19.8. The zero-order valence-corrected chi connectivity index (χ0v) is 20.2. The van der Waals surface area contributed by atoms with Gasteiger partial charge in [0.15, 0.2) is 0 Å². The van der Waals surface area contributed by atoms with E-state index in [1.165, 1.54) is 37.9 Å². The highest BCUT2D eigenvalue weighted by molar-refractivity contribution is 6.32. The van der Waals surface area contributed by atoms with Crippen LogP contribution in [0.4, 0.5) is 10.1 Å². The molecule has 1 saturated heterocycles. The summed E-state index contributed by atoms with van der Waals surface area (Å²) in [5.41, 5.74) is 4.00. The molecular weight excluding hydrogens is 429 g/mol. The fourth-order valence-electron chi connectivity index (χ4n) is 5.29. The van der Waals surface area contributed by atoms with E-state index >= 15 is 0 Å². The highest BCUT2D eigenvalue weighted by atomic mass is 19.1. The predicted molar refractivity (Wildman–Crippen MR) is 133 cm³/mol. The number of piperidine rings is 1. The molecule has 1 aromatic carbocycles. The van der Waals surface area contributed by atoms with Crippen LogP contribution in [0.2, 0.25) is 0 Å². The number of nitrogens with one attached hydrogen (secondary N) is 1. The molecule has 5 rings (SSSR count). The van der Waals surface area contributed by atoms with Crippen LogP contribution < -0.4 is 5.32 Å².